The van der Waals surface area contributed by atoms with Crippen molar-refractivity contribution in [3.8, 4) is 39.9 Å². The van der Waals surface area contributed by atoms with Crippen LogP contribution in [0.15, 0.2) is 47.3 Å². The van der Waals surface area contributed by atoms with E-state index in [1.54, 1.807) is 59.4 Å². The number of methoxy groups -OCH3 is 5. The molecule has 1 aliphatic carbocycles. The summed E-state index contributed by atoms with van der Waals surface area (Å²) in [5.41, 5.74) is 3.84. The van der Waals surface area contributed by atoms with Crippen molar-refractivity contribution in [1.29, 1.82) is 0 Å². The number of rotatable bonds is 15. The zero-order valence-corrected chi connectivity index (χ0v) is 31.2. The maximum absolute atomic E-state index is 14.0. The molecule has 0 saturated carbocycles. The lowest BCUT2D eigenvalue weighted by Gasteiger charge is -2.27. The third-order valence-electron chi connectivity index (χ3n) is 8.90. The van der Waals surface area contributed by atoms with Crippen molar-refractivity contribution >= 4 is 29.3 Å². The Hall–Kier alpha value is -4.58. The quantitative estimate of drug-likeness (QED) is 0.175. The number of carbonyl (C=O) groups is 2. The fourth-order valence-corrected chi connectivity index (χ4v) is 6.93. The van der Waals surface area contributed by atoms with E-state index in [0.29, 0.717) is 64.9 Å². The average Bonchev–Trinajstić information content (AvgIpc) is 3.35. The van der Waals surface area contributed by atoms with Gasteiger partial charge < -0.3 is 39.6 Å². The van der Waals surface area contributed by atoms with Crippen molar-refractivity contribution in [1.82, 2.24) is 10.6 Å². The molecule has 0 aromatic heterocycles. The van der Waals surface area contributed by atoms with Crippen LogP contribution in [0.5, 0.6) is 28.7 Å². The zero-order chi connectivity index (χ0) is 36.5. The molecular weight excluding hydrogens is 658 g/mol. The molecule has 1 unspecified atom stereocenters. The first-order chi connectivity index (χ1) is 24.0. The third-order valence-corrected chi connectivity index (χ3v) is 9.55. The predicted octanol–water partition coefficient (Wildman–Crippen LogP) is 5.93. The van der Waals surface area contributed by atoms with Crippen LogP contribution < -0.4 is 45.1 Å². The first-order valence-corrected chi connectivity index (χ1v) is 18.0. The SMILES string of the molecule is COc1ccc(C(NC(=O)[C@H](CCSC)Nc2ccc3c(cc2=O)[C@@H](NC(C)=O)CCc2cc(OC)c(OC)c(OC)c2-3)C(C)C)cc1OC. The monoisotopic (exact) mass is 707 g/mol. The van der Waals surface area contributed by atoms with Gasteiger partial charge in [0, 0.05) is 12.5 Å². The molecule has 1 aliphatic rings. The minimum Gasteiger partial charge on any atom is -0.493 e. The Morgan fingerprint density at radius 3 is 2.18 bits per heavy atom. The van der Waals surface area contributed by atoms with E-state index in [4.69, 9.17) is 23.7 Å². The van der Waals surface area contributed by atoms with Gasteiger partial charge in [0.15, 0.2) is 23.0 Å². The van der Waals surface area contributed by atoms with Gasteiger partial charge in [-0.3, -0.25) is 14.4 Å². The summed E-state index contributed by atoms with van der Waals surface area (Å²) in [6.45, 7) is 5.53. The summed E-state index contributed by atoms with van der Waals surface area (Å²) in [5, 5.41) is 9.54. The van der Waals surface area contributed by atoms with Crippen LogP contribution in [-0.4, -0.2) is 65.4 Å². The van der Waals surface area contributed by atoms with Crippen LogP contribution >= 0.6 is 11.8 Å². The number of thioether (sulfide) groups is 1. The maximum atomic E-state index is 14.0. The fraction of sp³-hybridized carbons (Fsp3) is 0.447. The van der Waals surface area contributed by atoms with Crippen LogP contribution in [0.4, 0.5) is 5.69 Å². The molecular formula is C38H49N3O8S. The van der Waals surface area contributed by atoms with Crippen LogP contribution in [0.3, 0.4) is 0 Å². The smallest absolute Gasteiger partial charge is 0.243 e. The van der Waals surface area contributed by atoms with Gasteiger partial charge in [0.1, 0.15) is 6.04 Å². The number of amides is 2. The Kier molecular flexibility index (Phi) is 13.3. The fourth-order valence-electron chi connectivity index (χ4n) is 6.45. The molecule has 3 N–H and O–H groups in total. The molecule has 0 radical (unpaired) electrons. The largest absolute Gasteiger partial charge is 0.493 e. The summed E-state index contributed by atoms with van der Waals surface area (Å²) in [6, 6.07) is 11.1. The average molecular weight is 708 g/mol. The summed E-state index contributed by atoms with van der Waals surface area (Å²) in [4.78, 5) is 40.4. The minimum absolute atomic E-state index is 0.0508. The zero-order valence-electron chi connectivity index (χ0n) is 30.4. The maximum Gasteiger partial charge on any atom is 0.243 e. The number of ether oxygens (including phenoxy) is 5. The summed E-state index contributed by atoms with van der Waals surface area (Å²) in [7, 11) is 7.83. The van der Waals surface area contributed by atoms with Gasteiger partial charge >= 0.3 is 0 Å². The molecule has 0 heterocycles. The van der Waals surface area contributed by atoms with Crippen molar-refractivity contribution in [3.63, 3.8) is 0 Å². The predicted molar refractivity (Wildman–Crippen MR) is 198 cm³/mol. The molecule has 50 heavy (non-hydrogen) atoms. The summed E-state index contributed by atoms with van der Waals surface area (Å²) >= 11 is 1.62. The normalized spacial score (nSPS) is 14.6. The highest BCUT2D eigenvalue weighted by atomic mass is 32.2. The molecule has 4 rings (SSSR count). The highest BCUT2D eigenvalue weighted by Gasteiger charge is 2.30. The van der Waals surface area contributed by atoms with Crippen LogP contribution in [0.2, 0.25) is 0 Å². The molecule has 3 aromatic carbocycles. The summed E-state index contributed by atoms with van der Waals surface area (Å²) in [5.74, 6) is 2.87. The molecule has 0 fully saturated rings. The van der Waals surface area contributed by atoms with E-state index in [9.17, 15) is 14.4 Å². The Bertz CT molecular complexity index is 1750. The second kappa shape index (κ2) is 17.4. The molecule has 12 heteroatoms. The second-order valence-corrected chi connectivity index (χ2v) is 13.4. The van der Waals surface area contributed by atoms with Crippen molar-refractivity contribution in [3.05, 3.63) is 69.4 Å². The van der Waals surface area contributed by atoms with E-state index in [1.807, 2.05) is 50.4 Å². The molecule has 2 amide bonds. The first kappa shape index (κ1) is 38.2. The first-order valence-electron chi connectivity index (χ1n) is 16.6. The molecule has 0 saturated heterocycles. The number of fused-ring (bicyclic) bond motifs is 3. The highest BCUT2D eigenvalue weighted by Crippen LogP contribution is 2.50. The van der Waals surface area contributed by atoms with Crippen molar-refractivity contribution < 1.29 is 33.3 Å². The topological polar surface area (TPSA) is 133 Å². The number of anilines is 1. The molecule has 0 bridgehead atoms. The van der Waals surface area contributed by atoms with Crippen LogP contribution in [-0.2, 0) is 16.0 Å². The highest BCUT2D eigenvalue weighted by molar-refractivity contribution is 7.98. The van der Waals surface area contributed by atoms with Crippen LogP contribution in [0.25, 0.3) is 11.1 Å². The van der Waals surface area contributed by atoms with Crippen molar-refractivity contribution in [2.45, 2.75) is 58.2 Å². The van der Waals surface area contributed by atoms with E-state index < -0.39 is 12.1 Å². The number of carbonyl (C=O) groups excluding carboxylic acids is 2. The Morgan fingerprint density at radius 2 is 1.58 bits per heavy atom. The number of aryl methyl sites for hydroxylation is 1. The summed E-state index contributed by atoms with van der Waals surface area (Å²) < 4.78 is 28.2. The molecule has 0 aliphatic heterocycles. The van der Waals surface area contributed by atoms with Gasteiger partial charge in [-0.25, -0.2) is 0 Å². The molecule has 3 atom stereocenters. The lowest BCUT2D eigenvalue weighted by molar-refractivity contribution is -0.123. The van der Waals surface area contributed by atoms with E-state index in [1.165, 1.54) is 6.92 Å². The van der Waals surface area contributed by atoms with Gasteiger partial charge in [-0.1, -0.05) is 26.0 Å². The van der Waals surface area contributed by atoms with Crippen LogP contribution in [0, 0.1) is 5.92 Å². The Balaban J connectivity index is 1.80. The van der Waals surface area contributed by atoms with Crippen molar-refractivity contribution in [2.75, 3.05) is 52.9 Å². The lowest BCUT2D eigenvalue weighted by Crippen LogP contribution is -2.43. The Morgan fingerprint density at radius 1 is 0.880 bits per heavy atom. The van der Waals surface area contributed by atoms with E-state index in [-0.39, 0.29) is 34.9 Å². The van der Waals surface area contributed by atoms with Crippen molar-refractivity contribution in [2.24, 2.45) is 5.92 Å². The van der Waals surface area contributed by atoms with Gasteiger partial charge in [0.05, 0.1) is 53.3 Å². The minimum atomic E-state index is -0.712. The molecule has 3 aromatic rings. The standard InChI is InChI=1S/C38H49N3O8S/c1-21(2)35(24-11-15-31(45-4)32(19-24)46-5)41-38(44)29(16-17-50-9)40-28-14-12-25-26(20-30(28)43)27(39-22(3)42)13-10-23-18-33(47-6)36(48-7)37(49-8)34(23)25/h11-12,14-15,18-21,27,29,35H,10,13,16-17H2,1-9H3,(H,39,42)(H,40,43)(H,41,44)/t27-,29-,35?/m0/s1. The summed E-state index contributed by atoms with van der Waals surface area (Å²) in [6.07, 6.45) is 3.58. The number of benzene rings is 2. The Labute approximate surface area is 298 Å². The van der Waals surface area contributed by atoms with Gasteiger partial charge in [-0.15, -0.1) is 0 Å². The number of hydrogen-bond acceptors (Lipinski definition) is 10. The van der Waals surface area contributed by atoms with Gasteiger partial charge in [-0.05, 0) is 89.8 Å². The number of nitrogens with one attached hydrogen (secondary N) is 3. The third kappa shape index (κ3) is 8.40. The molecule has 0 spiro atoms. The second-order valence-electron chi connectivity index (χ2n) is 12.4. The van der Waals surface area contributed by atoms with Gasteiger partial charge in [0.25, 0.3) is 0 Å². The molecule has 11 nitrogen and oxygen atoms in total. The number of hydrogen-bond donors (Lipinski definition) is 3. The molecule has 270 valence electrons. The van der Waals surface area contributed by atoms with E-state index >= 15 is 0 Å². The van der Waals surface area contributed by atoms with Crippen LogP contribution in [0.1, 0.15) is 62.4 Å². The lowest BCUT2D eigenvalue weighted by atomic mass is 9.95. The van der Waals surface area contributed by atoms with E-state index in [0.717, 1.165) is 16.7 Å². The van der Waals surface area contributed by atoms with E-state index in [2.05, 4.69) is 16.0 Å². The van der Waals surface area contributed by atoms with Gasteiger partial charge in [0.2, 0.25) is 23.0 Å². The van der Waals surface area contributed by atoms with Gasteiger partial charge in [-0.2, -0.15) is 11.8 Å².